The fourth-order valence-electron chi connectivity index (χ4n) is 7.04. The summed E-state index contributed by atoms with van der Waals surface area (Å²) in [5.74, 6) is 4.61. The SMILES string of the molecule is C[C@]12CC[C@@H]3C4CC[C@@H](O)C[C@@H]4CC[C@H]3[C@@H]1CC[C@H]2C#N. The first-order chi connectivity index (χ1) is 10.1. The lowest BCUT2D eigenvalue weighted by molar-refractivity contribution is -0.0727. The Morgan fingerprint density at radius 1 is 0.952 bits per heavy atom. The molecule has 4 saturated carbocycles. The van der Waals surface area contributed by atoms with Crippen molar-refractivity contribution in [2.45, 2.75) is 70.8 Å². The van der Waals surface area contributed by atoms with Gasteiger partial charge in [-0.3, -0.25) is 0 Å². The summed E-state index contributed by atoms with van der Waals surface area (Å²) in [6.07, 6.45) is 11.1. The zero-order valence-corrected chi connectivity index (χ0v) is 13.3. The number of nitriles is 1. The van der Waals surface area contributed by atoms with Crippen LogP contribution in [-0.2, 0) is 0 Å². The van der Waals surface area contributed by atoms with E-state index in [4.69, 9.17) is 0 Å². The van der Waals surface area contributed by atoms with E-state index >= 15 is 0 Å². The zero-order valence-electron chi connectivity index (χ0n) is 13.3. The Balaban J connectivity index is 1.57. The van der Waals surface area contributed by atoms with E-state index in [-0.39, 0.29) is 6.10 Å². The van der Waals surface area contributed by atoms with Gasteiger partial charge in [-0.2, -0.15) is 5.26 Å². The Hall–Kier alpha value is -0.550. The molecule has 0 amide bonds. The highest BCUT2D eigenvalue weighted by Gasteiger charge is 2.57. The van der Waals surface area contributed by atoms with E-state index in [1.807, 2.05) is 0 Å². The smallest absolute Gasteiger partial charge is 0.0661 e. The number of rotatable bonds is 0. The first kappa shape index (κ1) is 14.1. The van der Waals surface area contributed by atoms with Crippen LogP contribution < -0.4 is 0 Å². The van der Waals surface area contributed by atoms with Gasteiger partial charge in [-0.05, 0) is 92.8 Å². The maximum Gasteiger partial charge on any atom is 0.0661 e. The minimum Gasteiger partial charge on any atom is -0.393 e. The summed E-state index contributed by atoms with van der Waals surface area (Å²) < 4.78 is 0. The number of fused-ring (bicyclic) bond motifs is 5. The van der Waals surface area contributed by atoms with E-state index in [0.29, 0.717) is 11.3 Å². The quantitative estimate of drug-likeness (QED) is 0.727. The predicted octanol–water partition coefficient (Wildman–Crippen LogP) is 4.14. The van der Waals surface area contributed by atoms with Crippen LogP contribution in [0.25, 0.3) is 0 Å². The maximum absolute atomic E-state index is 9.97. The van der Waals surface area contributed by atoms with Crippen LogP contribution in [0.1, 0.15) is 64.7 Å². The van der Waals surface area contributed by atoms with E-state index in [1.54, 1.807) is 0 Å². The average molecular weight is 287 g/mol. The summed E-state index contributed by atoms with van der Waals surface area (Å²) in [5, 5.41) is 19.5. The summed E-state index contributed by atoms with van der Waals surface area (Å²) in [7, 11) is 0. The molecule has 0 heterocycles. The van der Waals surface area contributed by atoms with Crippen LogP contribution >= 0.6 is 0 Å². The van der Waals surface area contributed by atoms with Crippen molar-refractivity contribution >= 4 is 0 Å². The van der Waals surface area contributed by atoms with Crippen LogP contribution in [0.15, 0.2) is 0 Å². The number of nitrogens with zero attached hydrogens (tertiary/aromatic N) is 1. The van der Waals surface area contributed by atoms with Crippen molar-refractivity contribution in [3.8, 4) is 6.07 Å². The molecule has 0 radical (unpaired) electrons. The molecule has 0 spiro atoms. The largest absolute Gasteiger partial charge is 0.393 e. The van der Waals surface area contributed by atoms with Gasteiger partial charge in [0.05, 0.1) is 18.1 Å². The summed E-state index contributed by atoms with van der Waals surface area (Å²) in [6, 6.07) is 2.63. The Labute approximate surface area is 128 Å². The summed E-state index contributed by atoms with van der Waals surface area (Å²) in [6.45, 7) is 2.42. The van der Waals surface area contributed by atoms with Gasteiger partial charge in [0, 0.05) is 0 Å². The second-order valence-corrected chi connectivity index (χ2v) is 8.71. The third-order valence-corrected chi connectivity index (χ3v) is 8.08. The van der Waals surface area contributed by atoms with Crippen molar-refractivity contribution in [2.75, 3.05) is 0 Å². The van der Waals surface area contributed by atoms with Gasteiger partial charge in [-0.15, -0.1) is 0 Å². The second kappa shape index (κ2) is 4.98. The first-order valence-corrected chi connectivity index (χ1v) is 9.21. The van der Waals surface area contributed by atoms with E-state index < -0.39 is 0 Å². The molecular formula is C19H29NO. The molecule has 4 fully saturated rings. The molecule has 4 rings (SSSR count). The molecular weight excluding hydrogens is 258 g/mol. The van der Waals surface area contributed by atoms with Crippen LogP contribution in [0.5, 0.6) is 0 Å². The van der Waals surface area contributed by atoms with Crippen LogP contribution in [-0.4, -0.2) is 11.2 Å². The molecule has 4 aliphatic carbocycles. The highest BCUT2D eigenvalue weighted by molar-refractivity contribution is 5.10. The van der Waals surface area contributed by atoms with Crippen LogP contribution in [0.2, 0.25) is 0 Å². The fraction of sp³-hybridized carbons (Fsp3) is 0.947. The van der Waals surface area contributed by atoms with E-state index in [2.05, 4.69) is 13.0 Å². The van der Waals surface area contributed by atoms with Crippen molar-refractivity contribution in [1.82, 2.24) is 0 Å². The maximum atomic E-state index is 9.97. The molecule has 116 valence electrons. The van der Waals surface area contributed by atoms with Gasteiger partial charge in [0.2, 0.25) is 0 Å². The van der Waals surface area contributed by atoms with Crippen molar-refractivity contribution in [2.24, 2.45) is 40.9 Å². The molecule has 0 saturated heterocycles. The Morgan fingerprint density at radius 3 is 2.57 bits per heavy atom. The van der Waals surface area contributed by atoms with Crippen LogP contribution in [0, 0.1) is 52.3 Å². The molecule has 2 nitrogen and oxygen atoms in total. The molecule has 0 aromatic carbocycles. The van der Waals surface area contributed by atoms with E-state index in [1.165, 1.54) is 38.5 Å². The standard InChI is InChI=1S/C19H29NO/c1-19-9-8-16-15-6-4-14(21)10-12(15)2-5-17(16)18(19)7-3-13(19)11-20/h12-18,21H,2-10H2,1H3/t12-,13-,14+,15?,16+,17+,18-,19+/m0/s1. The van der Waals surface area contributed by atoms with Gasteiger partial charge in [-0.25, -0.2) is 0 Å². The summed E-state index contributed by atoms with van der Waals surface area (Å²) in [4.78, 5) is 0. The van der Waals surface area contributed by atoms with Gasteiger partial charge >= 0.3 is 0 Å². The Bertz CT molecular complexity index is 455. The number of aliphatic hydroxyl groups excluding tert-OH is 1. The lowest BCUT2D eigenvalue weighted by Crippen LogP contribution is -2.48. The first-order valence-electron chi connectivity index (χ1n) is 9.21. The molecule has 0 aromatic rings. The van der Waals surface area contributed by atoms with Gasteiger partial charge in [0.25, 0.3) is 0 Å². The highest BCUT2D eigenvalue weighted by Crippen LogP contribution is 2.63. The monoisotopic (exact) mass is 287 g/mol. The van der Waals surface area contributed by atoms with Crippen LogP contribution in [0.4, 0.5) is 0 Å². The topological polar surface area (TPSA) is 44.0 Å². The molecule has 1 unspecified atom stereocenters. The molecule has 4 aliphatic rings. The third-order valence-electron chi connectivity index (χ3n) is 8.08. The lowest BCUT2D eigenvalue weighted by atomic mass is 9.50. The molecule has 0 aromatic heterocycles. The molecule has 21 heavy (non-hydrogen) atoms. The highest BCUT2D eigenvalue weighted by atomic mass is 16.3. The van der Waals surface area contributed by atoms with Gasteiger partial charge in [0.1, 0.15) is 0 Å². The normalized spacial score (nSPS) is 56.0. The molecule has 8 atom stereocenters. The van der Waals surface area contributed by atoms with Crippen molar-refractivity contribution in [3.63, 3.8) is 0 Å². The average Bonchev–Trinajstić information content (AvgIpc) is 2.83. The van der Waals surface area contributed by atoms with Crippen molar-refractivity contribution in [3.05, 3.63) is 0 Å². The van der Waals surface area contributed by atoms with Gasteiger partial charge in [-0.1, -0.05) is 6.92 Å². The lowest BCUT2D eigenvalue weighted by Gasteiger charge is -2.55. The van der Waals surface area contributed by atoms with Gasteiger partial charge in [0.15, 0.2) is 0 Å². The zero-order chi connectivity index (χ0) is 14.6. The summed E-state index contributed by atoms with van der Waals surface area (Å²) in [5.41, 5.74) is 0.316. The molecule has 0 bridgehead atoms. The molecule has 1 N–H and O–H groups in total. The summed E-state index contributed by atoms with van der Waals surface area (Å²) >= 11 is 0. The molecule has 0 aliphatic heterocycles. The third kappa shape index (κ3) is 2.00. The van der Waals surface area contributed by atoms with Crippen molar-refractivity contribution < 1.29 is 5.11 Å². The molecule has 2 heteroatoms. The Morgan fingerprint density at radius 2 is 1.76 bits per heavy atom. The Kier molecular flexibility index (Phi) is 3.34. The van der Waals surface area contributed by atoms with Crippen LogP contribution in [0.3, 0.4) is 0 Å². The predicted molar refractivity (Wildman–Crippen MR) is 82.2 cm³/mol. The van der Waals surface area contributed by atoms with E-state index in [0.717, 1.165) is 48.9 Å². The fourth-order valence-corrected chi connectivity index (χ4v) is 7.04. The second-order valence-electron chi connectivity index (χ2n) is 8.71. The van der Waals surface area contributed by atoms with Crippen molar-refractivity contribution in [1.29, 1.82) is 5.26 Å². The van der Waals surface area contributed by atoms with Gasteiger partial charge < -0.3 is 5.11 Å². The number of hydrogen-bond acceptors (Lipinski definition) is 2. The minimum absolute atomic E-state index is 0.0221. The number of aliphatic hydroxyl groups is 1. The van der Waals surface area contributed by atoms with E-state index in [9.17, 15) is 10.4 Å². The minimum atomic E-state index is -0.0221. The number of hydrogen-bond donors (Lipinski definition) is 1.